The molecule has 128 valence electrons. The van der Waals surface area contributed by atoms with Gasteiger partial charge in [0, 0.05) is 0 Å². The molecule has 0 aromatic heterocycles. The second kappa shape index (κ2) is 6.35. The highest BCUT2D eigenvalue weighted by Gasteiger charge is 2.19. The van der Waals surface area contributed by atoms with Crippen molar-refractivity contribution in [3.05, 3.63) is 58.7 Å². The van der Waals surface area contributed by atoms with Gasteiger partial charge in [0.25, 0.3) is 0 Å². The normalized spacial score (nSPS) is 12.8. The van der Waals surface area contributed by atoms with Gasteiger partial charge in [0.05, 0.1) is 0 Å². The number of phenolic OH excluding ortho intramolecular Hbond substituents is 2. The molecule has 0 aliphatic carbocycles. The van der Waals surface area contributed by atoms with E-state index in [-0.39, 0.29) is 10.8 Å². The van der Waals surface area contributed by atoms with Crippen LogP contribution in [0.3, 0.4) is 0 Å². The van der Waals surface area contributed by atoms with E-state index < -0.39 is 0 Å². The lowest BCUT2D eigenvalue weighted by Gasteiger charge is -2.21. The first kappa shape index (κ1) is 18.1. The van der Waals surface area contributed by atoms with Gasteiger partial charge in [-0.05, 0) is 57.3 Å². The van der Waals surface area contributed by atoms with E-state index in [1.807, 2.05) is 36.4 Å². The predicted octanol–water partition coefficient (Wildman–Crippen LogP) is 5.86. The Morgan fingerprint density at radius 1 is 0.625 bits per heavy atom. The second-order valence-corrected chi connectivity index (χ2v) is 8.39. The minimum atomic E-state index is -0.105. The molecular formula is C22H28O2. The van der Waals surface area contributed by atoms with Crippen LogP contribution in [0.2, 0.25) is 0 Å². The number of aromatic hydroxyl groups is 2. The summed E-state index contributed by atoms with van der Waals surface area (Å²) in [4.78, 5) is 0. The highest BCUT2D eigenvalue weighted by atomic mass is 16.3. The number of hydrogen-bond donors (Lipinski definition) is 2. The molecule has 0 heterocycles. The topological polar surface area (TPSA) is 40.5 Å². The van der Waals surface area contributed by atoms with E-state index in [1.165, 1.54) is 0 Å². The Hall–Kier alpha value is -2.22. The van der Waals surface area contributed by atoms with Gasteiger partial charge in [-0.2, -0.15) is 0 Å². The van der Waals surface area contributed by atoms with Crippen LogP contribution < -0.4 is 0 Å². The Kier molecular flexibility index (Phi) is 4.80. The van der Waals surface area contributed by atoms with E-state index in [2.05, 4.69) is 41.5 Å². The van der Waals surface area contributed by atoms with Crippen molar-refractivity contribution in [1.82, 2.24) is 0 Å². The van der Waals surface area contributed by atoms with E-state index in [4.69, 9.17) is 0 Å². The molecule has 2 N–H and O–H groups in total. The summed E-state index contributed by atoms with van der Waals surface area (Å²) >= 11 is 0. The van der Waals surface area contributed by atoms with Crippen molar-refractivity contribution in [3.63, 3.8) is 0 Å². The molecule has 0 aliphatic rings. The van der Waals surface area contributed by atoms with Crippen molar-refractivity contribution >= 4 is 12.2 Å². The van der Waals surface area contributed by atoms with Gasteiger partial charge in [-0.3, -0.25) is 0 Å². The molecule has 0 fully saturated rings. The Balaban J connectivity index is 2.36. The third-order valence-corrected chi connectivity index (χ3v) is 4.13. The Labute approximate surface area is 145 Å². The van der Waals surface area contributed by atoms with Crippen molar-refractivity contribution in [3.8, 4) is 11.5 Å². The molecular weight excluding hydrogens is 296 g/mol. The largest absolute Gasteiger partial charge is 0.508 e. The molecule has 2 nitrogen and oxygen atoms in total. The Bertz CT molecular complexity index is 691. The summed E-state index contributed by atoms with van der Waals surface area (Å²) in [5, 5.41) is 20.1. The molecule has 0 unspecified atom stereocenters. The van der Waals surface area contributed by atoms with Crippen molar-refractivity contribution in [1.29, 1.82) is 0 Å². The smallest absolute Gasteiger partial charge is 0.119 e. The van der Waals surface area contributed by atoms with Gasteiger partial charge in [-0.25, -0.2) is 0 Å². The third-order valence-electron chi connectivity index (χ3n) is 4.13. The first-order chi connectivity index (χ1) is 11.0. The second-order valence-electron chi connectivity index (χ2n) is 8.39. The SMILES string of the molecule is CC(C)(C)c1cc(C=Cc2ccc(O)c(C(C)(C)C)c2)ccc1O. The van der Waals surface area contributed by atoms with Crippen molar-refractivity contribution in [2.45, 2.75) is 52.4 Å². The molecule has 0 radical (unpaired) electrons. The van der Waals surface area contributed by atoms with Gasteiger partial charge >= 0.3 is 0 Å². The van der Waals surface area contributed by atoms with E-state index >= 15 is 0 Å². The van der Waals surface area contributed by atoms with Gasteiger partial charge in [0.1, 0.15) is 11.5 Å². The number of hydrogen-bond acceptors (Lipinski definition) is 2. The lowest BCUT2D eigenvalue weighted by atomic mass is 9.85. The van der Waals surface area contributed by atoms with Gasteiger partial charge in [0.15, 0.2) is 0 Å². The minimum Gasteiger partial charge on any atom is -0.508 e. The van der Waals surface area contributed by atoms with Crippen LogP contribution in [0.25, 0.3) is 12.2 Å². The van der Waals surface area contributed by atoms with Crippen LogP contribution in [-0.2, 0) is 10.8 Å². The first-order valence-electron chi connectivity index (χ1n) is 8.33. The molecule has 0 saturated heterocycles. The molecule has 2 heteroatoms. The van der Waals surface area contributed by atoms with Gasteiger partial charge in [-0.1, -0.05) is 65.8 Å². The average Bonchev–Trinajstić information content (AvgIpc) is 2.45. The lowest BCUT2D eigenvalue weighted by molar-refractivity contribution is 0.446. The standard InChI is InChI=1S/C22H28O2/c1-21(2,3)17-13-15(9-11-19(17)23)7-8-16-10-12-20(24)18(14-16)22(4,5)6/h7-14,23-24H,1-6H3. The van der Waals surface area contributed by atoms with Crippen LogP contribution in [0.4, 0.5) is 0 Å². The summed E-state index contributed by atoms with van der Waals surface area (Å²) in [6.45, 7) is 12.5. The summed E-state index contributed by atoms with van der Waals surface area (Å²) < 4.78 is 0. The van der Waals surface area contributed by atoms with E-state index in [9.17, 15) is 10.2 Å². The van der Waals surface area contributed by atoms with Crippen molar-refractivity contribution in [2.24, 2.45) is 0 Å². The van der Waals surface area contributed by atoms with Crippen LogP contribution in [0, 0.1) is 0 Å². The first-order valence-corrected chi connectivity index (χ1v) is 8.33. The van der Waals surface area contributed by atoms with Crippen LogP contribution >= 0.6 is 0 Å². The summed E-state index contributed by atoms with van der Waals surface area (Å²) in [7, 11) is 0. The van der Waals surface area contributed by atoms with E-state index in [0.29, 0.717) is 11.5 Å². The Morgan fingerprint density at radius 3 is 1.25 bits per heavy atom. The van der Waals surface area contributed by atoms with Crippen LogP contribution in [0.1, 0.15) is 63.8 Å². The highest BCUT2D eigenvalue weighted by Crippen LogP contribution is 2.33. The maximum absolute atomic E-state index is 10.1. The quantitative estimate of drug-likeness (QED) is 0.679. The van der Waals surface area contributed by atoms with Gasteiger partial charge < -0.3 is 10.2 Å². The molecule has 0 aliphatic heterocycles. The Morgan fingerprint density at radius 2 is 0.958 bits per heavy atom. The zero-order valence-corrected chi connectivity index (χ0v) is 15.5. The maximum Gasteiger partial charge on any atom is 0.119 e. The molecule has 2 aromatic rings. The summed E-state index contributed by atoms with van der Waals surface area (Å²) in [6, 6.07) is 11.4. The fourth-order valence-electron chi connectivity index (χ4n) is 2.71. The van der Waals surface area contributed by atoms with Crippen LogP contribution in [-0.4, -0.2) is 10.2 Å². The average molecular weight is 324 g/mol. The molecule has 2 rings (SSSR count). The van der Waals surface area contributed by atoms with Crippen molar-refractivity contribution in [2.75, 3.05) is 0 Å². The van der Waals surface area contributed by atoms with Crippen LogP contribution in [0.15, 0.2) is 36.4 Å². The van der Waals surface area contributed by atoms with Crippen molar-refractivity contribution < 1.29 is 10.2 Å². The fourth-order valence-corrected chi connectivity index (χ4v) is 2.71. The molecule has 2 aromatic carbocycles. The monoisotopic (exact) mass is 324 g/mol. The number of rotatable bonds is 2. The minimum absolute atomic E-state index is 0.105. The van der Waals surface area contributed by atoms with E-state index in [1.54, 1.807) is 12.1 Å². The summed E-state index contributed by atoms with van der Waals surface area (Å²) in [5.41, 5.74) is 3.75. The zero-order chi connectivity index (χ0) is 18.1. The lowest BCUT2D eigenvalue weighted by Crippen LogP contribution is -2.11. The third kappa shape index (κ3) is 4.19. The number of phenols is 2. The molecule has 0 amide bonds. The highest BCUT2D eigenvalue weighted by molar-refractivity contribution is 5.71. The molecule has 0 saturated carbocycles. The molecule has 24 heavy (non-hydrogen) atoms. The van der Waals surface area contributed by atoms with Gasteiger partial charge in [-0.15, -0.1) is 0 Å². The fraction of sp³-hybridized carbons (Fsp3) is 0.364. The molecule has 0 bridgehead atoms. The van der Waals surface area contributed by atoms with Crippen LogP contribution in [0.5, 0.6) is 11.5 Å². The maximum atomic E-state index is 10.1. The van der Waals surface area contributed by atoms with Gasteiger partial charge in [0.2, 0.25) is 0 Å². The predicted molar refractivity (Wildman–Crippen MR) is 103 cm³/mol. The zero-order valence-electron chi connectivity index (χ0n) is 15.5. The summed E-state index contributed by atoms with van der Waals surface area (Å²) in [5.74, 6) is 0.665. The summed E-state index contributed by atoms with van der Waals surface area (Å²) in [6.07, 6.45) is 4.07. The molecule has 0 spiro atoms. The molecule has 0 atom stereocenters. The number of benzene rings is 2. The van der Waals surface area contributed by atoms with E-state index in [0.717, 1.165) is 22.3 Å².